The van der Waals surface area contributed by atoms with Crippen molar-refractivity contribution >= 4 is 28.6 Å². The molecular formula is C21H25N5O2S. The summed E-state index contributed by atoms with van der Waals surface area (Å²) in [7, 11) is 0. The molecule has 2 unspecified atom stereocenters. The molecule has 2 N–H and O–H groups in total. The first-order valence-electron chi connectivity index (χ1n) is 10.3. The number of carbonyl (C=O) groups is 1. The molecule has 1 aliphatic heterocycles. The minimum Gasteiger partial charge on any atom is -0.376 e. The fraction of sp³-hybridized carbons (Fsp3) is 0.476. The van der Waals surface area contributed by atoms with Crippen molar-refractivity contribution in [1.29, 1.82) is 0 Å². The number of ether oxygens (including phenoxy) is 1. The Labute approximate surface area is 173 Å². The van der Waals surface area contributed by atoms with E-state index in [-0.39, 0.29) is 17.3 Å². The van der Waals surface area contributed by atoms with Gasteiger partial charge in [-0.15, -0.1) is 10.2 Å². The number of aromatic amines is 1. The summed E-state index contributed by atoms with van der Waals surface area (Å²) in [6.45, 7) is 3.43. The third-order valence-electron chi connectivity index (χ3n) is 5.53. The Morgan fingerprint density at radius 3 is 3.00 bits per heavy atom. The Kier molecular flexibility index (Phi) is 5.05. The van der Waals surface area contributed by atoms with Gasteiger partial charge in [0.05, 0.1) is 17.9 Å². The van der Waals surface area contributed by atoms with E-state index in [1.807, 2.05) is 25.3 Å². The molecular weight excluding hydrogens is 386 g/mol. The van der Waals surface area contributed by atoms with E-state index in [9.17, 15) is 4.79 Å². The Balaban J connectivity index is 1.46. The standard InChI is InChI=1S/C21H25N5O2S/c1-13(20(27)23-14-8-9-14)29-21-25-24-19(26(21)12-15-5-4-10-28-15)17-11-22-18-7-3-2-6-16(17)18/h2-3,6-7,11,13-15,22H,4-5,8-10,12H2,1H3,(H,23,27). The number of hydrogen-bond acceptors (Lipinski definition) is 5. The van der Waals surface area contributed by atoms with Crippen LogP contribution in [0.1, 0.15) is 32.6 Å². The zero-order chi connectivity index (χ0) is 19.8. The van der Waals surface area contributed by atoms with Crippen molar-refractivity contribution in [2.45, 2.75) is 61.7 Å². The SMILES string of the molecule is CC(Sc1nnc(-c2c[nH]c3ccccc23)n1CC1CCCO1)C(=O)NC1CC1. The van der Waals surface area contributed by atoms with Crippen LogP contribution in [0.15, 0.2) is 35.6 Å². The van der Waals surface area contributed by atoms with Crippen molar-refractivity contribution in [3.8, 4) is 11.4 Å². The molecule has 152 valence electrons. The highest BCUT2D eigenvalue weighted by Crippen LogP contribution is 2.32. The Hall–Kier alpha value is -2.32. The fourth-order valence-corrected chi connectivity index (χ4v) is 4.61. The lowest BCUT2D eigenvalue weighted by atomic mass is 10.1. The molecule has 0 radical (unpaired) electrons. The second-order valence-electron chi connectivity index (χ2n) is 7.84. The van der Waals surface area contributed by atoms with Crippen molar-refractivity contribution in [1.82, 2.24) is 25.1 Å². The summed E-state index contributed by atoms with van der Waals surface area (Å²) in [5, 5.41) is 13.7. The summed E-state index contributed by atoms with van der Waals surface area (Å²) in [6.07, 6.45) is 6.43. The molecule has 1 aliphatic carbocycles. The van der Waals surface area contributed by atoms with Crippen LogP contribution in [-0.4, -0.2) is 49.7 Å². The minimum atomic E-state index is -0.223. The molecule has 2 atom stereocenters. The number of thioether (sulfide) groups is 1. The Morgan fingerprint density at radius 2 is 2.21 bits per heavy atom. The van der Waals surface area contributed by atoms with Gasteiger partial charge < -0.3 is 15.0 Å². The summed E-state index contributed by atoms with van der Waals surface area (Å²) >= 11 is 1.47. The number of amides is 1. The van der Waals surface area contributed by atoms with Crippen LogP contribution in [0.25, 0.3) is 22.3 Å². The third kappa shape index (κ3) is 3.91. The van der Waals surface area contributed by atoms with Gasteiger partial charge in [0.15, 0.2) is 11.0 Å². The molecule has 2 aromatic heterocycles. The predicted octanol–water partition coefficient (Wildman–Crippen LogP) is 3.36. The fourth-order valence-electron chi connectivity index (χ4n) is 3.75. The van der Waals surface area contributed by atoms with Gasteiger partial charge >= 0.3 is 0 Å². The van der Waals surface area contributed by atoms with Crippen molar-refractivity contribution in [2.24, 2.45) is 0 Å². The lowest BCUT2D eigenvalue weighted by Gasteiger charge is -2.16. The second kappa shape index (κ2) is 7.84. The maximum absolute atomic E-state index is 12.4. The molecule has 0 spiro atoms. The van der Waals surface area contributed by atoms with Crippen molar-refractivity contribution in [3.05, 3.63) is 30.5 Å². The van der Waals surface area contributed by atoms with E-state index >= 15 is 0 Å². The van der Waals surface area contributed by atoms with Crippen LogP contribution in [0, 0.1) is 0 Å². The summed E-state index contributed by atoms with van der Waals surface area (Å²) < 4.78 is 8.00. The van der Waals surface area contributed by atoms with E-state index in [1.165, 1.54) is 11.8 Å². The molecule has 29 heavy (non-hydrogen) atoms. The molecule has 8 heteroatoms. The topological polar surface area (TPSA) is 84.8 Å². The first-order chi connectivity index (χ1) is 14.2. The normalized spacial score (nSPS) is 20.2. The van der Waals surface area contributed by atoms with Crippen molar-refractivity contribution < 1.29 is 9.53 Å². The Morgan fingerprint density at radius 1 is 1.34 bits per heavy atom. The van der Waals surface area contributed by atoms with Gasteiger partial charge in [-0.05, 0) is 38.7 Å². The maximum Gasteiger partial charge on any atom is 0.233 e. The molecule has 3 heterocycles. The smallest absolute Gasteiger partial charge is 0.233 e. The van der Waals surface area contributed by atoms with E-state index in [2.05, 4.69) is 37.2 Å². The van der Waals surface area contributed by atoms with Crippen LogP contribution < -0.4 is 5.32 Å². The van der Waals surface area contributed by atoms with Crippen molar-refractivity contribution in [3.63, 3.8) is 0 Å². The minimum absolute atomic E-state index is 0.0674. The number of H-pyrrole nitrogens is 1. The summed E-state index contributed by atoms with van der Waals surface area (Å²) in [6, 6.07) is 8.54. The molecule has 1 saturated carbocycles. The van der Waals surface area contributed by atoms with Crippen LogP contribution in [-0.2, 0) is 16.1 Å². The number of hydrogen-bond donors (Lipinski definition) is 2. The average Bonchev–Trinajstić information content (AvgIpc) is 3.11. The number of rotatable bonds is 7. The third-order valence-corrected chi connectivity index (χ3v) is 6.61. The van der Waals surface area contributed by atoms with E-state index < -0.39 is 0 Å². The highest BCUT2D eigenvalue weighted by atomic mass is 32.2. The van der Waals surface area contributed by atoms with Gasteiger partial charge in [-0.1, -0.05) is 30.0 Å². The molecule has 2 aliphatic rings. The van der Waals surface area contributed by atoms with Gasteiger partial charge in [-0.25, -0.2) is 0 Å². The zero-order valence-corrected chi connectivity index (χ0v) is 17.2. The quantitative estimate of drug-likeness (QED) is 0.583. The molecule has 0 bridgehead atoms. The predicted molar refractivity (Wildman–Crippen MR) is 113 cm³/mol. The van der Waals surface area contributed by atoms with Gasteiger partial charge in [0.1, 0.15) is 0 Å². The number of nitrogens with one attached hydrogen (secondary N) is 2. The number of aromatic nitrogens is 4. The number of benzene rings is 1. The zero-order valence-electron chi connectivity index (χ0n) is 16.4. The van der Waals surface area contributed by atoms with Gasteiger partial charge in [0.2, 0.25) is 5.91 Å². The monoisotopic (exact) mass is 411 g/mol. The molecule has 1 saturated heterocycles. The van der Waals surface area contributed by atoms with Gasteiger partial charge in [0.25, 0.3) is 0 Å². The number of nitrogens with zero attached hydrogens (tertiary/aromatic N) is 3. The molecule has 1 amide bonds. The largest absolute Gasteiger partial charge is 0.376 e. The highest BCUT2D eigenvalue weighted by Gasteiger charge is 2.28. The number of fused-ring (bicyclic) bond motifs is 1. The van der Waals surface area contributed by atoms with Gasteiger partial charge in [-0.3, -0.25) is 9.36 Å². The van der Waals surface area contributed by atoms with Gasteiger partial charge in [0, 0.05) is 35.3 Å². The highest BCUT2D eigenvalue weighted by molar-refractivity contribution is 8.00. The summed E-state index contributed by atoms with van der Waals surface area (Å²) in [5.41, 5.74) is 2.09. The van der Waals surface area contributed by atoms with E-state index in [4.69, 9.17) is 4.74 Å². The molecule has 5 rings (SSSR count). The first-order valence-corrected chi connectivity index (χ1v) is 11.2. The van der Waals surface area contributed by atoms with E-state index in [0.717, 1.165) is 59.7 Å². The molecule has 1 aromatic carbocycles. The maximum atomic E-state index is 12.4. The summed E-state index contributed by atoms with van der Waals surface area (Å²) in [5.74, 6) is 0.882. The van der Waals surface area contributed by atoms with Crippen LogP contribution in [0.5, 0.6) is 0 Å². The average molecular weight is 412 g/mol. The van der Waals surface area contributed by atoms with E-state index in [1.54, 1.807) is 0 Å². The van der Waals surface area contributed by atoms with Crippen LogP contribution in [0.4, 0.5) is 0 Å². The van der Waals surface area contributed by atoms with Crippen LogP contribution in [0.3, 0.4) is 0 Å². The van der Waals surface area contributed by atoms with Gasteiger partial charge in [-0.2, -0.15) is 0 Å². The summed E-state index contributed by atoms with van der Waals surface area (Å²) in [4.78, 5) is 15.8. The number of para-hydroxylation sites is 1. The lowest BCUT2D eigenvalue weighted by molar-refractivity contribution is -0.120. The van der Waals surface area contributed by atoms with Crippen LogP contribution >= 0.6 is 11.8 Å². The van der Waals surface area contributed by atoms with E-state index in [0.29, 0.717) is 12.6 Å². The second-order valence-corrected chi connectivity index (χ2v) is 9.15. The lowest BCUT2D eigenvalue weighted by Crippen LogP contribution is -2.32. The molecule has 3 aromatic rings. The Bertz CT molecular complexity index is 1020. The molecule has 2 fully saturated rings. The number of carbonyl (C=O) groups excluding carboxylic acids is 1. The van der Waals surface area contributed by atoms with Crippen LogP contribution in [0.2, 0.25) is 0 Å². The molecule has 7 nitrogen and oxygen atoms in total. The first kappa shape index (κ1) is 18.7. The van der Waals surface area contributed by atoms with Crippen molar-refractivity contribution in [2.75, 3.05) is 6.61 Å².